The highest BCUT2D eigenvalue weighted by Crippen LogP contribution is 2.46. The van der Waals surface area contributed by atoms with Gasteiger partial charge in [-0.25, -0.2) is 0 Å². The fourth-order valence-corrected chi connectivity index (χ4v) is 4.67. The first-order valence-electron chi connectivity index (χ1n) is 9.77. The molecule has 140 valence electrons. The normalized spacial score (nSPS) is 27.7. The molecule has 2 aliphatic rings. The summed E-state index contributed by atoms with van der Waals surface area (Å²) in [6, 6.07) is 10.3. The van der Waals surface area contributed by atoms with Crippen LogP contribution in [0.25, 0.3) is 0 Å². The van der Waals surface area contributed by atoms with Gasteiger partial charge in [-0.3, -0.25) is 9.59 Å². The van der Waals surface area contributed by atoms with E-state index in [0.29, 0.717) is 25.4 Å². The number of hydrogen-bond acceptors (Lipinski definition) is 3. The van der Waals surface area contributed by atoms with Crippen molar-refractivity contribution in [3.63, 3.8) is 0 Å². The van der Waals surface area contributed by atoms with E-state index in [9.17, 15) is 9.59 Å². The number of rotatable bonds is 6. The number of ether oxygens (including phenoxy) is 1. The molecule has 1 unspecified atom stereocenters. The highest BCUT2D eigenvalue weighted by Gasteiger charge is 2.47. The number of carbonyl (C=O) groups is 2. The molecule has 1 aliphatic heterocycles. The molecule has 1 heterocycles. The molecule has 26 heavy (non-hydrogen) atoms. The quantitative estimate of drug-likeness (QED) is 0.566. The van der Waals surface area contributed by atoms with E-state index in [1.165, 1.54) is 18.4 Å². The second kappa shape index (κ2) is 8.52. The van der Waals surface area contributed by atoms with Gasteiger partial charge in [-0.2, -0.15) is 0 Å². The monoisotopic (exact) mass is 355 g/mol. The summed E-state index contributed by atoms with van der Waals surface area (Å²) in [5.74, 6) is 0.597. The summed E-state index contributed by atoms with van der Waals surface area (Å²) < 4.78 is 5.00. The highest BCUT2D eigenvalue weighted by atomic mass is 16.5. The minimum Gasteiger partial charge on any atom is -0.461 e. The van der Waals surface area contributed by atoms with Crippen molar-refractivity contribution in [2.24, 2.45) is 5.92 Å². The molecule has 2 fully saturated rings. The Morgan fingerprint density at radius 3 is 2.77 bits per heavy atom. The SMILES string of the molecule is CC(/C=C/[C@@H]1CCCC[C@]12CCCC(=O)N2Cc1ccccc1)OC=O. The lowest BCUT2D eigenvalue weighted by Crippen LogP contribution is -2.59. The Morgan fingerprint density at radius 2 is 2.00 bits per heavy atom. The lowest BCUT2D eigenvalue weighted by Gasteiger charge is -2.53. The summed E-state index contributed by atoms with van der Waals surface area (Å²) in [5, 5.41) is 0. The van der Waals surface area contributed by atoms with Crippen LogP contribution in [-0.2, 0) is 20.9 Å². The van der Waals surface area contributed by atoms with Gasteiger partial charge >= 0.3 is 0 Å². The minimum absolute atomic E-state index is 0.0964. The van der Waals surface area contributed by atoms with Crippen LogP contribution in [0.2, 0.25) is 0 Å². The Hall–Kier alpha value is -2.10. The number of piperidine rings is 1. The van der Waals surface area contributed by atoms with E-state index in [1.54, 1.807) is 0 Å². The first-order chi connectivity index (χ1) is 12.7. The fourth-order valence-electron chi connectivity index (χ4n) is 4.67. The molecule has 0 bridgehead atoms. The highest BCUT2D eigenvalue weighted by molar-refractivity contribution is 5.78. The van der Waals surface area contributed by atoms with Gasteiger partial charge in [-0.1, -0.05) is 49.2 Å². The molecule has 1 saturated heterocycles. The Balaban J connectivity index is 1.87. The van der Waals surface area contributed by atoms with Gasteiger partial charge in [0.2, 0.25) is 5.91 Å². The van der Waals surface area contributed by atoms with Crippen molar-refractivity contribution in [2.45, 2.75) is 70.1 Å². The average Bonchev–Trinajstić information content (AvgIpc) is 2.65. The third-order valence-electron chi connectivity index (χ3n) is 5.97. The van der Waals surface area contributed by atoms with Crippen molar-refractivity contribution in [2.75, 3.05) is 0 Å². The molecule has 0 N–H and O–H groups in total. The molecule has 4 heteroatoms. The van der Waals surface area contributed by atoms with E-state index in [2.05, 4.69) is 23.1 Å². The first-order valence-corrected chi connectivity index (χ1v) is 9.77. The zero-order valence-corrected chi connectivity index (χ0v) is 15.6. The van der Waals surface area contributed by atoms with Crippen LogP contribution in [0.15, 0.2) is 42.5 Å². The molecule has 4 nitrogen and oxygen atoms in total. The maximum Gasteiger partial charge on any atom is 0.293 e. The van der Waals surface area contributed by atoms with Crippen LogP contribution in [0.5, 0.6) is 0 Å². The molecule has 1 aromatic rings. The molecule has 1 amide bonds. The molecular formula is C22H29NO3. The van der Waals surface area contributed by atoms with Crippen molar-refractivity contribution < 1.29 is 14.3 Å². The van der Waals surface area contributed by atoms with E-state index in [-0.39, 0.29) is 17.6 Å². The van der Waals surface area contributed by atoms with Gasteiger partial charge in [0.15, 0.2) is 0 Å². The average molecular weight is 355 g/mol. The van der Waals surface area contributed by atoms with E-state index in [0.717, 1.165) is 25.7 Å². The summed E-state index contributed by atoms with van der Waals surface area (Å²) in [6.45, 7) is 3.05. The fraction of sp³-hybridized carbons (Fsp3) is 0.545. The summed E-state index contributed by atoms with van der Waals surface area (Å²) in [6.07, 6.45) is 11.1. The van der Waals surface area contributed by atoms with Gasteiger partial charge in [0, 0.05) is 24.4 Å². The van der Waals surface area contributed by atoms with Crippen molar-refractivity contribution in [1.82, 2.24) is 4.90 Å². The number of benzene rings is 1. The topological polar surface area (TPSA) is 46.6 Å². The first kappa shape index (κ1) is 18.7. The lowest BCUT2D eigenvalue weighted by molar-refractivity contribution is -0.148. The number of nitrogens with zero attached hydrogens (tertiary/aromatic N) is 1. The van der Waals surface area contributed by atoms with Crippen molar-refractivity contribution >= 4 is 12.4 Å². The maximum absolute atomic E-state index is 12.9. The Bertz CT molecular complexity index is 638. The number of amides is 1. The van der Waals surface area contributed by atoms with Gasteiger partial charge in [0.1, 0.15) is 6.10 Å². The van der Waals surface area contributed by atoms with Gasteiger partial charge in [0.25, 0.3) is 6.47 Å². The van der Waals surface area contributed by atoms with Crippen LogP contribution in [0.4, 0.5) is 0 Å². The van der Waals surface area contributed by atoms with Gasteiger partial charge in [-0.05, 0) is 44.2 Å². The molecule has 0 radical (unpaired) electrons. The van der Waals surface area contributed by atoms with E-state index in [1.807, 2.05) is 31.2 Å². The standard InChI is InChI=1S/C22H29NO3/c1-18(26-17-24)12-13-20-10-5-6-14-22(20)15-7-11-21(25)23(22)16-19-8-3-2-4-9-19/h2-4,8-9,12-13,17-18,20H,5-7,10-11,14-16H2,1H3/b13-12+/t18?,20-,22-/m0/s1. The summed E-state index contributed by atoms with van der Waals surface area (Å²) in [5.41, 5.74) is 1.09. The summed E-state index contributed by atoms with van der Waals surface area (Å²) in [7, 11) is 0. The smallest absolute Gasteiger partial charge is 0.293 e. The van der Waals surface area contributed by atoms with Crippen molar-refractivity contribution in [3.05, 3.63) is 48.0 Å². The largest absolute Gasteiger partial charge is 0.461 e. The molecule has 1 spiro atoms. The third-order valence-corrected chi connectivity index (χ3v) is 5.97. The van der Waals surface area contributed by atoms with Crippen LogP contribution in [-0.4, -0.2) is 28.9 Å². The van der Waals surface area contributed by atoms with Crippen LogP contribution < -0.4 is 0 Å². The van der Waals surface area contributed by atoms with Crippen molar-refractivity contribution in [3.8, 4) is 0 Å². The molecule has 1 aromatic carbocycles. The Labute approximate surface area is 156 Å². The number of likely N-dealkylation sites (tertiary alicyclic amines) is 1. The Morgan fingerprint density at radius 1 is 1.23 bits per heavy atom. The maximum atomic E-state index is 12.9. The van der Waals surface area contributed by atoms with Gasteiger partial charge in [-0.15, -0.1) is 0 Å². The molecule has 1 aliphatic carbocycles. The molecule has 3 atom stereocenters. The van der Waals surface area contributed by atoms with Gasteiger partial charge < -0.3 is 9.64 Å². The zero-order chi connectivity index (χ0) is 18.4. The number of hydrogen-bond donors (Lipinski definition) is 0. The van der Waals surface area contributed by atoms with E-state index in [4.69, 9.17) is 4.74 Å². The third kappa shape index (κ3) is 4.00. The van der Waals surface area contributed by atoms with Gasteiger partial charge in [0.05, 0.1) is 0 Å². The minimum atomic E-state index is -0.228. The lowest BCUT2D eigenvalue weighted by atomic mass is 9.67. The van der Waals surface area contributed by atoms with Crippen molar-refractivity contribution in [1.29, 1.82) is 0 Å². The zero-order valence-electron chi connectivity index (χ0n) is 15.6. The predicted molar refractivity (Wildman–Crippen MR) is 101 cm³/mol. The van der Waals surface area contributed by atoms with E-state index >= 15 is 0 Å². The van der Waals surface area contributed by atoms with Crippen LogP contribution in [0.1, 0.15) is 57.4 Å². The van der Waals surface area contributed by atoms with E-state index < -0.39 is 0 Å². The molecule has 1 saturated carbocycles. The predicted octanol–water partition coefficient (Wildman–Crippen LogP) is 4.25. The Kier molecular flexibility index (Phi) is 6.12. The molecular weight excluding hydrogens is 326 g/mol. The summed E-state index contributed by atoms with van der Waals surface area (Å²) in [4.78, 5) is 25.6. The number of carbonyl (C=O) groups excluding carboxylic acids is 2. The second-order valence-electron chi connectivity index (χ2n) is 7.60. The second-order valence-corrected chi connectivity index (χ2v) is 7.60. The molecule has 3 rings (SSSR count). The molecule has 0 aromatic heterocycles. The van der Waals surface area contributed by atoms with Crippen LogP contribution in [0.3, 0.4) is 0 Å². The van der Waals surface area contributed by atoms with Crippen LogP contribution >= 0.6 is 0 Å². The summed E-state index contributed by atoms with van der Waals surface area (Å²) >= 11 is 0. The van der Waals surface area contributed by atoms with Crippen LogP contribution in [0, 0.1) is 5.92 Å².